The number of nitrogens with zero attached hydrogens (tertiary/aromatic N) is 3. The number of esters is 1. The van der Waals surface area contributed by atoms with Gasteiger partial charge in [-0.2, -0.15) is 0 Å². The number of benzene rings is 3. The fourth-order valence-corrected chi connectivity index (χ4v) is 7.44. The maximum absolute atomic E-state index is 14.3. The van der Waals surface area contributed by atoms with E-state index in [1.165, 1.54) is 19.6 Å². The van der Waals surface area contributed by atoms with Crippen molar-refractivity contribution >= 4 is 28.7 Å². The van der Waals surface area contributed by atoms with E-state index in [2.05, 4.69) is 39.1 Å². The summed E-state index contributed by atoms with van der Waals surface area (Å²) < 4.78 is 16.9. The van der Waals surface area contributed by atoms with Gasteiger partial charge in [-0.05, 0) is 75.5 Å². The van der Waals surface area contributed by atoms with Gasteiger partial charge >= 0.3 is 5.97 Å². The zero-order valence-corrected chi connectivity index (χ0v) is 28.2. The molecule has 4 aromatic rings. The maximum atomic E-state index is 14.3. The second-order valence-electron chi connectivity index (χ2n) is 12.9. The molecule has 3 heterocycles. The van der Waals surface area contributed by atoms with E-state index in [4.69, 9.17) is 14.2 Å². The van der Waals surface area contributed by atoms with Gasteiger partial charge in [0, 0.05) is 36.9 Å². The molecule has 1 aromatic heterocycles. The number of Topliss-reactive ketones (excluding diaryl/α,β-unsaturated/α-hetero) is 1. The minimum Gasteiger partial charge on any atom is -0.496 e. The molecular formula is C38H44N4O6. The van der Waals surface area contributed by atoms with Gasteiger partial charge in [0.25, 0.3) is 5.91 Å². The fourth-order valence-electron chi connectivity index (χ4n) is 7.44. The summed E-state index contributed by atoms with van der Waals surface area (Å²) in [6.45, 7) is 6.87. The number of methoxy groups -OCH3 is 2. The zero-order chi connectivity index (χ0) is 33.8. The zero-order valence-electron chi connectivity index (χ0n) is 28.2. The summed E-state index contributed by atoms with van der Waals surface area (Å²) in [5.41, 5.74) is 3.62. The van der Waals surface area contributed by atoms with Crippen molar-refractivity contribution in [1.82, 2.24) is 19.8 Å². The van der Waals surface area contributed by atoms with Crippen LogP contribution >= 0.6 is 0 Å². The van der Waals surface area contributed by atoms with E-state index in [1.54, 1.807) is 13.2 Å². The number of rotatable bonds is 11. The van der Waals surface area contributed by atoms with Crippen LogP contribution in [0.1, 0.15) is 71.6 Å². The van der Waals surface area contributed by atoms with E-state index in [9.17, 15) is 14.4 Å². The van der Waals surface area contributed by atoms with Crippen molar-refractivity contribution in [2.24, 2.45) is 5.92 Å². The monoisotopic (exact) mass is 652 g/mol. The lowest BCUT2D eigenvalue weighted by Gasteiger charge is -2.36. The maximum Gasteiger partial charge on any atom is 0.308 e. The number of aromatic amines is 1. The Labute approximate surface area is 281 Å². The van der Waals surface area contributed by atoms with Crippen molar-refractivity contribution < 1.29 is 28.6 Å². The predicted molar refractivity (Wildman–Crippen MR) is 183 cm³/mol. The lowest BCUT2D eigenvalue weighted by atomic mass is 9.76. The smallest absolute Gasteiger partial charge is 0.308 e. The standard InChI is InChI=1S/C38H44N4O6/c1-5-28-32(46-3)23-29(35(34(28)47-4)48-25(2)43)37(45)42-22-18-38(24-42,27-11-7-6-8-12-27)17-21-41-19-15-26(16-20-41)33(44)36-39-30-13-9-10-14-31(30)40-36/h6-14,23,26H,5,15-22,24H2,1-4H3,(H,39,40). The van der Waals surface area contributed by atoms with E-state index in [-0.39, 0.29) is 34.3 Å². The number of hydrogen-bond acceptors (Lipinski definition) is 8. The van der Waals surface area contributed by atoms with Crippen LogP contribution in [0.5, 0.6) is 17.2 Å². The van der Waals surface area contributed by atoms with E-state index >= 15 is 0 Å². The van der Waals surface area contributed by atoms with Crippen LogP contribution in [-0.2, 0) is 16.6 Å². The largest absolute Gasteiger partial charge is 0.496 e. The Bertz CT molecular complexity index is 1760. The summed E-state index contributed by atoms with van der Waals surface area (Å²) in [6.07, 6.45) is 3.81. The van der Waals surface area contributed by atoms with Crippen molar-refractivity contribution in [3.8, 4) is 17.2 Å². The Balaban J connectivity index is 1.18. The highest BCUT2D eigenvalue weighted by Crippen LogP contribution is 2.44. The van der Waals surface area contributed by atoms with Crippen LogP contribution < -0.4 is 14.2 Å². The number of carbonyl (C=O) groups excluding carboxylic acids is 3. The minimum absolute atomic E-state index is 0.0519. The lowest BCUT2D eigenvalue weighted by molar-refractivity contribution is -0.132. The number of nitrogens with one attached hydrogen (secondary N) is 1. The molecule has 2 saturated heterocycles. The molecule has 1 unspecified atom stereocenters. The molecule has 252 valence electrons. The molecule has 0 bridgehead atoms. The molecular weight excluding hydrogens is 608 g/mol. The van der Waals surface area contributed by atoms with Gasteiger partial charge in [0.2, 0.25) is 5.78 Å². The topological polar surface area (TPSA) is 114 Å². The van der Waals surface area contributed by atoms with E-state index in [1.807, 2.05) is 42.2 Å². The summed E-state index contributed by atoms with van der Waals surface area (Å²) in [6, 6.07) is 19.8. The molecule has 1 amide bonds. The summed E-state index contributed by atoms with van der Waals surface area (Å²) >= 11 is 0. The Morgan fingerprint density at radius 1 is 0.958 bits per heavy atom. The van der Waals surface area contributed by atoms with Crippen LogP contribution in [0.25, 0.3) is 11.0 Å². The van der Waals surface area contributed by atoms with Gasteiger partial charge in [0.1, 0.15) is 5.75 Å². The fraction of sp³-hybridized carbons (Fsp3) is 0.421. The second-order valence-corrected chi connectivity index (χ2v) is 12.9. The van der Waals surface area contributed by atoms with Crippen LogP contribution in [0.15, 0.2) is 60.7 Å². The molecule has 10 heteroatoms. The number of carbonyl (C=O) groups is 3. The molecule has 48 heavy (non-hydrogen) atoms. The third-order valence-electron chi connectivity index (χ3n) is 10.1. The van der Waals surface area contributed by atoms with Crippen LogP contribution in [0.2, 0.25) is 0 Å². The van der Waals surface area contributed by atoms with Crippen LogP contribution in [0, 0.1) is 5.92 Å². The SMILES string of the molecule is CCc1c(OC)cc(C(=O)N2CCC(CCN3CCC(C(=O)c4nc5ccccc5[nH]4)CC3)(c3ccccc3)C2)c(OC(C)=O)c1OC. The second kappa shape index (κ2) is 14.2. The third kappa shape index (κ3) is 6.54. The molecule has 2 aliphatic heterocycles. The van der Waals surface area contributed by atoms with Crippen LogP contribution in [0.3, 0.4) is 0 Å². The van der Waals surface area contributed by atoms with E-state index in [0.717, 1.165) is 61.9 Å². The Kier molecular flexibility index (Phi) is 9.82. The number of likely N-dealkylation sites (tertiary alicyclic amines) is 2. The first kappa shape index (κ1) is 33.2. The molecule has 0 spiro atoms. The third-order valence-corrected chi connectivity index (χ3v) is 10.1. The minimum atomic E-state index is -0.530. The van der Waals surface area contributed by atoms with Crippen molar-refractivity contribution in [3.05, 3.63) is 83.2 Å². The van der Waals surface area contributed by atoms with Crippen molar-refractivity contribution in [1.29, 1.82) is 0 Å². The van der Waals surface area contributed by atoms with Crippen LogP contribution in [-0.4, -0.2) is 84.4 Å². The summed E-state index contributed by atoms with van der Waals surface area (Å²) in [5, 5.41) is 0. The quantitative estimate of drug-likeness (QED) is 0.122. The number of imidazole rings is 1. The Morgan fingerprint density at radius 3 is 2.35 bits per heavy atom. The van der Waals surface area contributed by atoms with Crippen molar-refractivity contribution in [2.75, 3.05) is 46.9 Å². The number of ketones is 1. The molecule has 2 aliphatic rings. The predicted octanol–water partition coefficient (Wildman–Crippen LogP) is 5.84. The summed E-state index contributed by atoms with van der Waals surface area (Å²) in [7, 11) is 3.06. The van der Waals surface area contributed by atoms with Gasteiger partial charge in [0.15, 0.2) is 17.3 Å². The Morgan fingerprint density at radius 2 is 1.69 bits per heavy atom. The van der Waals surface area contributed by atoms with Gasteiger partial charge in [-0.3, -0.25) is 14.4 Å². The van der Waals surface area contributed by atoms with Gasteiger partial charge in [-0.15, -0.1) is 0 Å². The molecule has 0 saturated carbocycles. The number of amides is 1. The number of aromatic nitrogens is 2. The number of piperidine rings is 1. The first-order chi connectivity index (χ1) is 23.3. The number of hydrogen-bond donors (Lipinski definition) is 1. The number of H-pyrrole nitrogens is 1. The van der Waals surface area contributed by atoms with Crippen LogP contribution in [0.4, 0.5) is 0 Å². The first-order valence-electron chi connectivity index (χ1n) is 16.8. The van der Waals surface area contributed by atoms with Crippen molar-refractivity contribution in [2.45, 2.75) is 51.4 Å². The molecule has 0 radical (unpaired) electrons. The molecule has 1 atom stereocenters. The number of fused-ring (bicyclic) bond motifs is 1. The normalized spacial score (nSPS) is 18.6. The highest BCUT2D eigenvalue weighted by molar-refractivity contribution is 6.00. The first-order valence-corrected chi connectivity index (χ1v) is 16.8. The molecule has 0 aliphatic carbocycles. The van der Waals surface area contributed by atoms with Gasteiger partial charge in [-0.25, -0.2) is 4.98 Å². The molecule has 6 rings (SSSR count). The average molecular weight is 653 g/mol. The number of ether oxygens (including phenoxy) is 3. The van der Waals surface area contributed by atoms with Gasteiger partial charge in [0.05, 0.1) is 30.8 Å². The highest BCUT2D eigenvalue weighted by atomic mass is 16.6. The average Bonchev–Trinajstić information content (AvgIpc) is 3.76. The molecule has 3 aromatic carbocycles. The Hall–Kier alpha value is -4.70. The highest BCUT2D eigenvalue weighted by Gasteiger charge is 2.43. The van der Waals surface area contributed by atoms with Gasteiger partial charge in [-0.1, -0.05) is 49.4 Å². The van der Waals surface area contributed by atoms with E-state index in [0.29, 0.717) is 36.8 Å². The molecule has 1 N–H and O–H groups in total. The summed E-state index contributed by atoms with van der Waals surface area (Å²) in [5.74, 6) is 0.713. The molecule has 10 nitrogen and oxygen atoms in total. The summed E-state index contributed by atoms with van der Waals surface area (Å²) in [4.78, 5) is 51.8. The molecule has 2 fully saturated rings. The number of para-hydroxylation sites is 2. The van der Waals surface area contributed by atoms with E-state index < -0.39 is 5.97 Å². The van der Waals surface area contributed by atoms with Gasteiger partial charge < -0.3 is 29.0 Å². The van der Waals surface area contributed by atoms with Crippen molar-refractivity contribution in [3.63, 3.8) is 0 Å². The lowest BCUT2D eigenvalue weighted by Crippen LogP contribution is -2.41.